The summed E-state index contributed by atoms with van der Waals surface area (Å²) in [5, 5.41) is 3.34. The minimum absolute atomic E-state index is 0.650. The lowest BCUT2D eigenvalue weighted by Crippen LogP contribution is -2.11. The van der Waals surface area contributed by atoms with Crippen LogP contribution in [0.15, 0.2) is 6.20 Å². The van der Waals surface area contributed by atoms with Gasteiger partial charge in [-0.15, -0.1) is 0 Å². The molecule has 2 aliphatic rings. The zero-order valence-electron chi connectivity index (χ0n) is 8.29. The summed E-state index contributed by atoms with van der Waals surface area (Å²) in [5.41, 5.74) is 2.63. The molecule has 1 aromatic rings. The van der Waals surface area contributed by atoms with E-state index in [-0.39, 0.29) is 0 Å². The van der Waals surface area contributed by atoms with Crippen LogP contribution in [-0.2, 0) is 12.8 Å². The van der Waals surface area contributed by atoms with E-state index in [2.05, 4.69) is 15.3 Å². The zero-order valence-corrected chi connectivity index (χ0v) is 8.29. The second kappa shape index (κ2) is 3.23. The molecule has 1 N–H and O–H groups in total. The highest BCUT2D eigenvalue weighted by molar-refractivity contribution is 5.33. The quantitative estimate of drug-likeness (QED) is 0.772. The number of anilines is 1. The molecule has 0 aromatic carbocycles. The lowest BCUT2D eigenvalue weighted by molar-refractivity contribution is 0.663. The highest BCUT2D eigenvalue weighted by Gasteiger charge is 2.22. The van der Waals surface area contributed by atoms with Crippen LogP contribution in [0, 0.1) is 0 Å². The Morgan fingerprint density at radius 2 is 2.07 bits per heavy atom. The Morgan fingerprint density at radius 3 is 2.93 bits per heavy atom. The second-order valence-corrected chi connectivity index (χ2v) is 4.29. The van der Waals surface area contributed by atoms with Gasteiger partial charge in [0.2, 0.25) is 5.95 Å². The van der Waals surface area contributed by atoms with E-state index in [0.29, 0.717) is 6.04 Å². The second-order valence-electron chi connectivity index (χ2n) is 4.29. The van der Waals surface area contributed by atoms with E-state index < -0.39 is 0 Å². The normalized spacial score (nSPS) is 20.3. The Bertz CT molecular complexity index is 344. The van der Waals surface area contributed by atoms with Crippen LogP contribution >= 0.6 is 0 Å². The predicted octanol–water partition coefficient (Wildman–Crippen LogP) is 1.93. The molecule has 0 aliphatic heterocycles. The van der Waals surface area contributed by atoms with Crippen LogP contribution in [0.1, 0.15) is 36.9 Å². The first-order chi connectivity index (χ1) is 6.92. The highest BCUT2D eigenvalue weighted by Crippen LogP contribution is 2.24. The van der Waals surface area contributed by atoms with Gasteiger partial charge in [0.15, 0.2) is 0 Å². The summed E-state index contributed by atoms with van der Waals surface area (Å²) in [4.78, 5) is 8.92. The number of aryl methyl sites for hydroxylation is 2. The molecule has 0 atom stereocenters. The minimum Gasteiger partial charge on any atom is -0.351 e. The number of rotatable bonds is 2. The van der Waals surface area contributed by atoms with Crippen LogP contribution < -0.4 is 5.32 Å². The van der Waals surface area contributed by atoms with Crippen LogP contribution in [-0.4, -0.2) is 16.0 Å². The van der Waals surface area contributed by atoms with Crippen LogP contribution in [0.3, 0.4) is 0 Å². The van der Waals surface area contributed by atoms with E-state index in [1.165, 1.54) is 43.4 Å². The fraction of sp³-hybridized carbons (Fsp3) is 0.636. The third-order valence-electron chi connectivity index (χ3n) is 2.97. The molecular weight excluding hydrogens is 174 g/mol. The molecule has 1 saturated carbocycles. The minimum atomic E-state index is 0.650. The number of nitrogens with zero attached hydrogens (tertiary/aromatic N) is 2. The number of fused-ring (bicyclic) bond motifs is 1. The Labute approximate surface area is 84.0 Å². The molecule has 3 rings (SSSR count). The predicted molar refractivity (Wildman–Crippen MR) is 55.3 cm³/mol. The van der Waals surface area contributed by atoms with E-state index in [1.54, 1.807) is 0 Å². The van der Waals surface area contributed by atoms with Crippen molar-refractivity contribution in [2.45, 2.75) is 44.6 Å². The Balaban J connectivity index is 1.84. The van der Waals surface area contributed by atoms with E-state index in [0.717, 1.165) is 12.4 Å². The molecule has 3 heteroatoms. The monoisotopic (exact) mass is 189 g/mol. The molecule has 74 valence electrons. The number of aromatic nitrogens is 2. The highest BCUT2D eigenvalue weighted by atomic mass is 15.1. The number of nitrogens with one attached hydrogen (secondary N) is 1. The Morgan fingerprint density at radius 1 is 1.21 bits per heavy atom. The largest absolute Gasteiger partial charge is 0.351 e. The van der Waals surface area contributed by atoms with Gasteiger partial charge in [-0.05, 0) is 44.1 Å². The van der Waals surface area contributed by atoms with Gasteiger partial charge in [-0.3, -0.25) is 0 Å². The van der Waals surface area contributed by atoms with Crippen LogP contribution in [0.2, 0.25) is 0 Å². The van der Waals surface area contributed by atoms with Crippen LogP contribution in [0.4, 0.5) is 5.95 Å². The Hall–Kier alpha value is -1.12. The van der Waals surface area contributed by atoms with E-state index in [4.69, 9.17) is 0 Å². The maximum absolute atomic E-state index is 4.57. The maximum Gasteiger partial charge on any atom is 0.223 e. The summed E-state index contributed by atoms with van der Waals surface area (Å²) in [6.07, 6.45) is 9.45. The third-order valence-corrected chi connectivity index (χ3v) is 2.97. The summed E-state index contributed by atoms with van der Waals surface area (Å²) in [6.45, 7) is 0. The molecule has 0 amide bonds. The van der Waals surface area contributed by atoms with E-state index >= 15 is 0 Å². The molecule has 2 aliphatic carbocycles. The van der Waals surface area contributed by atoms with Gasteiger partial charge in [0.25, 0.3) is 0 Å². The summed E-state index contributed by atoms with van der Waals surface area (Å²) in [5.74, 6) is 0.841. The standard InChI is InChI=1S/C11H15N3/c1-2-4-10-8(3-1)7-12-11(14-10)13-9-5-6-9/h7,9H,1-6H2,(H,12,13,14). The molecular formula is C11H15N3. The smallest absolute Gasteiger partial charge is 0.223 e. The van der Waals surface area contributed by atoms with Crippen LogP contribution in [0.5, 0.6) is 0 Å². The van der Waals surface area contributed by atoms with Crippen molar-refractivity contribution in [2.24, 2.45) is 0 Å². The van der Waals surface area contributed by atoms with Crippen molar-refractivity contribution in [2.75, 3.05) is 5.32 Å². The lowest BCUT2D eigenvalue weighted by atomic mass is 9.98. The van der Waals surface area contributed by atoms with Crippen molar-refractivity contribution in [3.05, 3.63) is 17.5 Å². The molecule has 0 saturated heterocycles. The van der Waals surface area contributed by atoms with Crippen molar-refractivity contribution in [3.63, 3.8) is 0 Å². The van der Waals surface area contributed by atoms with Gasteiger partial charge in [0.05, 0.1) is 0 Å². The maximum atomic E-state index is 4.57. The van der Waals surface area contributed by atoms with Gasteiger partial charge in [-0.1, -0.05) is 0 Å². The first-order valence-corrected chi connectivity index (χ1v) is 5.53. The SMILES string of the molecule is c1nc(NC2CC2)nc2c1CCCC2. The van der Waals surface area contributed by atoms with Gasteiger partial charge in [-0.2, -0.15) is 0 Å². The van der Waals surface area contributed by atoms with Gasteiger partial charge in [0.1, 0.15) is 0 Å². The van der Waals surface area contributed by atoms with Crippen molar-refractivity contribution in [1.82, 2.24) is 9.97 Å². The molecule has 1 aromatic heterocycles. The first kappa shape index (κ1) is 8.21. The summed E-state index contributed by atoms with van der Waals surface area (Å²) >= 11 is 0. The molecule has 0 radical (unpaired) electrons. The Kier molecular flexibility index (Phi) is 1.89. The van der Waals surface area contributed by atoms with Gasteiger partial charge in [0, 0.05) is 17.9 Å². The van der Waals surface area contributed by atoms with Crippen molar-refractivity contribution in [3.8, 4) is 0 Å². The van der Waals surface area contributed by atoms with Gasteiger partial charge >= 0.3 is 0 Å². The third kappa shape index (κ3) is 1.59. The number of hydrogen-bond acceptors (Lipinski definition) is 3. The average Bonchev–Trinajstić information content (AvgIpc) is 3.02. The van der Waals surface area contributed by atoms with E-state index in [9.17, 15) is 0 Å². The van der Waals surface area contributed by atoms with Gasteiger partial charge in [-0.25, -0.2) is 9.97 Å². The van der Waals surface area contributed by atoms with Crippen molar-refractivity contribution in [1.29, 1.82) is 0 Å². The number of hydrogen-bond donors (Lipinski definition) is 1. The first-order valence-electron chi connectivity index (χ1n) is 5.53. The summed E-state index contributed by atoms with van der Waals surface area (Å²) in [6, 6.07) is 0.650. The summed E-state index contributed by atoms with van der Waals surface area (Å²) < 4.78 is 0. The lowest BCUT2D eigenvalue weighted by Gasteiger charge is -2.14. The fourth-order valence-corrected chi connectivity index (χ4v) is 1.96. The molecule has 3 nitrogen and oxygen atoms in total. The van der Waals surface area contributed by atoms with Crippen LogP contribution in [0.25, 0.3) is 0 Å². The topological polar surface area (TPSA) is 37.8 Å². The van der Waals surface area contributed by atoms with E-state index in [1.807, 2.05) is 6.20 Å². The molecule has 0 bridgehead atoms. The molecule has 14 heavy (non-hydrogen) atoms. The fourth-order valence-electron chi connectivity index (χ4n) is 1.96. The van der Waals surface area contributed by atoms with Crippen molar-refractivity contribution >= 4 is 5.95 Å². The molecule has 1 fully saturated rings. The van der Waals surface area contributed by atoms with Crippen molar-refractivity contribution < 1.29 is 0 Å². The molecule has 1 heterocycles. The average molecular weight is 189 g/mol. The zero-order chi connectivity index (χ0) is 9.38. The molecule has 0 spiro atoms. The summed E-state index contributed by atoms with van der Waals surface area (Å²) in [7, 11) is 0. The van der Waals surface area contributed by atoms with Gasteiger partial charge < -0.3 is 5.32 Å². The molecule has 0 unspecified atom stereocenters.